The van der Waals surface area contributed by atoms with Crippen molar-refractivity contribution < 1.29 is 29.3 Å². The Bertz CT molecular complexity index is 469. The van der Waals surface area contributed by atoms with Gasteiger partial charge in [-0.15, -0.1) is 0 Å². The summed E-state index contributed by atoms with van der Waals surface area (Å²) in [5.41, 5.74) is 0.230. The van der Waals surface area contributed by atoms with Crippen LogP contribution in [0.4, 0.5) is 0 Å². The first-order valence-electron chi connectivity index (χ1n) is 9.95. The molecule has 150 valence electrons. The van der Waals surface area contributed by atoms with Crippen molar-refractivity contribution in [1.82, 2.24) is 0 Å². The van der Waals surface area contributed by atoms with Crippen LogP contribution in [-0.2, 0) is 19.1 Å². The van der Waals surface area contributed by atoms with Crippen LogP contribution < -0.4 is 0 Å². The number of aliphatic hydroxyl groups is 2. The Hall–Kier alpha value is -1.14. The van der Waals surface area contributed by atoms with Crippen LogP contribution in [0.2, 0.25) is 0 Å². The van der Waals surface area contributed by atoms with E-state index in [1.807, 2.05) is 0 Å². The lowest BCUT2D eigenvalue weighted by molar-refractivity contribution is -0.180. The Morgan fingerprint density at radius 2 is 1.19 bits per heavy atom. The molecule has 0 aromatic heterocycles. The van der Waals surface area contributed by atoms with E-state index in [9.17, 15) is 19.8 Å². The van der Waals surface area contributed by atoms with Crippen LogP contribution in [0.3, 0.4) is 0 Å². The van der Waals surface area contributed by atoms with E-state index >= 15 is 0 Å². The zero-order valence-electron chi connectivity index (χ0n) is 16.3. The highest BCUT2D eigenvalue weighted by Crippen LogP contribution is 2.38. The standard InChI is InChI=1S/C20H34O6/c1-20(2,3)13-9-11-15(12-10-13)26-19(24)17(22)16(21)18(23)25-14-7-5-4-6-8-14/h13-17,21-22H,4-12H2,1-3H3/t13?,15?,16-,17-/m0/s1. The highest BCUT2D eigenvalue weighted by Gasteiger charge is 2.37. The molecule has 2 rings (SSSR count). The maximum atomic E-state index is 12.1. The summed E-state index contributed by atoms with van der Waals surface area (Å²) in [6.07, 6.45) is 3.71. The van der Waals surface area contributed by atoms with E-state index in [0.29, 0.717) is 5.92 Å². The third-order valence-electron chi connectivity index (χ3n) is 5.80. The molecule has 2 aliphatic carbocycles. The predicted molar refractivity (Wildman–Crippen MR) is 96.3 cm³/mol. The van der Waals surface area contributed by atoms with Gasteiger partial charge < -0.3 is 19.7 Å². The molecule has 0 aromatic carbocycles. The zero-order chi connectivity index (χ0) is 19.3. The summed E-state index contributed by atoms with van der Waals surface area (Å²) in [5, 5.41) is 19.9. The van der Waals surface area contributed by atoms with E-state index in [1.54, 1.807) is 0 Å². The van der Waals surface area contributed by atoms with Crippen LogP contribution in [0.15, 0.2) is 0 Å². The quantitative estimate of drug-likeness (QED) is 0.723. The Balaban J connectivity index is 1.76. The van der Waals surface area contributed by atoms with E-state index < -0.39 is 24.1 Å². The normalized spacial score (nSPS) is 27.4. The lowest BCUT2D eigenvalue weighted by Crippen LogP contribution is -2.44. The lowest BCUT2D eigenvalue weighted by Gasteiger charge is -2.36. The Labute approximate surface area is 156 Å². The smallest absolute Gasteiger partial charge is 0.338 e. The van der Waals surface area contributed by atoms with Gasteiger partial charge in [0.15, 0.2) is 12.2 Å². The molecule has 2 aliphatic rings. The average molecular weight is 370 g/mol. The summed E-state index contributed by atoms with van der Waals surface area (Å²) in [5.74, 6) is -1.31. The molecule has 2 N–H and O–H groups in total. The van der Waals surface area contributed by atoms with Gasteiger partial charge in [-0.1, -0.05) is 27.2 Å². The predicted octanol–water partition coefficient (Wildman–Crippen LogP) is 2.73. The topological polar surface area (TPSA) is 93.1 Å². The van der Waals surface area contributed by atoms with Crippen molar-refractivity contribution in [1.29, 1.82) is 0 Å². The molecule has 2 fully saturated rings. The number of carbonyl (C=O) groups is 2. The van der Waals surface area contributed by atoms with Crippen LogP contribution in [-0.4, -0.2) is 46.6 Å². The summed E-state index contributed by atoms with van der Waals surface area (Å²) in [4.78, 5) is 24.1. The molecule has 2 atom stereocenters. The minimum atomic E-state index is -1.90. The first-order chi connectivity index (χ1) is 12.2. The van der Waals surface area contributed by atoms with Crippen molar-refractivity contribution in [3.63, 3.8) is 0 Å². The highest BCUT2D eigenvalue weighted by molar-refractivity contribution is 5.85. The van der Waals surface area contributed by atoms with E-state index in [4.69, 9.17) is 9.47 Å². The van der Waals surface area contributed by atoms with E-state index in [2.05, 4.69) is 20.8 Å². The molecule has 0 amide bonds. The second kappa shape index (κ2) is 9.18. The molecule has 2 saturated carbocycles. The summed E-state index contributed by atoms with van der Waals surface area (Å²) in [6.45, 7) is 6.63. The Morgan fingerprint density at radius 1 is 0.769 bits per heavy atom. The summed E-state index contributed by atoms with van der Waals surface area (Å²) in [6, 6.07) is 0. The Kier molecular flexibility index (Phi) is 7.47. The minimum Gasteiger partial charge on any atom is -0.460 e. The van der Waals surface area contributed by atoms with Gasteiger partial charge in [0.2, 0.25) is 0 Å². The van der Waals surface area contributed by atoms with Gasteiger partial charge in [-0.25, -0.2) is 9.59 Å². The van der Waals surface area contributed by atoms with Crippen LogP contribution >= 0.6 is 0 Å². The monoisotopic (exact) mass is 370 g/mol. The Morgan fingerprint density at radius 3 is 1.62 bits per heavy atom. The molecule has 0 unspecified atom stereocenters. The number of esters is 2. The maximum absolute atomic E-state index is 12.1. The molecule has 6 nitrogen and oxygen atoms in total. The second-order valence-electron chi connectivity index (χ2n) is 8.86. The fraction of sp³-hybridized carbons (Fsp3) is 0.900. The molecular weight excluding hydrogens is 336 g/mol. The van der Waals surface area contributed by atoms with Crippen molar-refractivity contribution in [3.8, 4) is 0 Å². The summed E-state index contributed by atoms with van der Waals surface area (Å²) in [7, 11) is 0. The molecule has 0 bridgehead atoms. The molecule has 0 aliphatic heterocycles. The fourth-order valence-electron chi connectivity index (χ4n) is 3.96. The number of hydrogen-bond donors (Lipinski definition) is 2. The highest BCUT2D eigenvalue weighted by atomic mass is 16.6. The average Bonchev–Trinajstić information content (AvgIpc) is 2.61. The number of ether oxygens (including phenoxy) is 2. The molecule has 0 heterocycles. The molecule has 0 radical (unpaired) electrons. The first-order valence-corrected chi connectivity index (χ1v) is 9.95. The first kappa shape index (κ1) is 21.2. The molecule has 0 saturated heterocycles. The van der Waals surface area contributed by atoms with E-state index in [-0.39, 0.29) is 17.6 Å². The van der Waals surface area contributed by atoms with Gasteiger partial charge in [0.25, 0.3) is 0 Å². The van der Waals surface area contributed by atoms with Gasteiger partial charge in [-0.2, -0.15) is 0 Å². The number of rotatable bonds is 5. The third kappa shape index (κ3) is 5.95. The van der Waals surface area contributed by atoms with E-state index in [0.717, 1.165) is 57.8 Å². The van der Waals surface area contributed by atoms with Gasteiger partial charge in [0.05, 0.1) is 0 Å². The second-order valence-corrected chi connectivity index (χ2v) is 8.86. The summed E-state index contributed by atoms with van der Waals surface area (Å²) < 4.78 is 10.5. The largest absolute Gasteiger partial charge is 0.460 e. The van der Waals surface area contributed by atoms with Gasteiger partial charge in [-0.05, 0) is 62.7 Å². The van der Waals surface area contributed by atoms with E-state index in [1.165, 1.54) is 0 Å². The molecule has 26 heavy (non-hydrogen) atoms. The number of hydrogen-bond acceptors (Lipinski definition) is 6. The van der Waals surface area contributed by atoms with Crippen LogP contribution in [0.5, 0.6) is 0 Å². The molecule has 0 aromatic rings. The minimum absolute atomic E-state index is 0.230. The zero-order valence-corrected chi connectivity index (χ0v) is 16.3. The van der Waals surface area contributed by atoms with Gasteiger partial charge >= 0.3 is 11.9 Å². The fourth-order valence-corrected chi connectivity index (χ4v) is 3.96. The van der Waals surface area contributed by atoms with Gasteiger partial charge in [-0.3, -0.25) is 0 Å². The van der Waals surface area contributed by atoms with Crippen molar-refractivity contribution >= 4 is 11.9 Å². The molecular formula is C20H34O6. The van der Waals surface area contributed by atoms with Gasteiger partial charge in [0.1, 0.15) is 12.2 Å². The number of aliphatic hydroxyl groups excluding tert-OH is 2. The van der Waals surface area contributed by atoms with Crippen molar-refractivity contribution in [2.75, 3.05) is 0 Å². The van der Waals surface area contributed by atoms with Gasteiger partial charge in [0, 0.05) is 0 Å². The number of carbonyl (C=O) groups excluding carboxylic acids is 2. The van der Waals surface area contributed by atoms with Crippen LogP contribution in [0, 0.1) is 11.3 Å². The summed E-state index contributed by atoms with van der Waals surface area (Å²) >= 11 is 0. The van der Waals surface area contributed by atoms with Crippen LogP contribution in [0.25, 0.3) is 0 Å². The van der Waals surface area contributed by atoms with Crippen molar-refractivity contribution in [2.24, 2.45) is 11.3 Å². The van der Waals surface area contributed by atoms with Crippen LogP contribution in [0.1, 0.15) is 78.6 Å². The molecule has 0 spiro atoms. The third-order valence-corrected chi connectivity index (χ3v) is 5.80. The van der Waals surface area contributed by atoms with Crippen molar-refractivity contribution in [3.05, 3.63) is 0 Å². The maximum Gasteiger partial charge on any atom is 0.338 e. The lowest BCUT2D eigenvalue weighted by atomic mass is 9.72. The van der Waals surface area contributed by atoms with Crippen molar-refractivity contribution in [2.45, 2.75) is 103 Å². The SMILES string of the molecule is CC(C)(C)C1CCC(OC(=O)[C@@H](O)[C@H](O)C(=O)OC2CCCCC2)CC1. The molecule has 6 heteroatoms.